The van der Waals surface area contributed by atoms with Crippen LogP contribution in [0.5, 0.6) is 0 Å². The van der Waals surface area contributed by atoms with Crippen molar-refractivity contribution in [1.29, 1.82) is 0 Å². The number of benzene rings is 1. The van der Waals surface area contributed by atoms with Gasteiger partial charge in [0.1, 0.15) is 0 Å². The van der Waals surface area contributed by atoms with Crippen molar-refractivity contribution in [3.8, 4) is 0 Å². The molecule has 0 aliphatic rings. The Balaban J connectivity index is 2.67. The molecule has 0 heterocycles. The van der Waals surface area contributed by atoms with Gasteiger partial charge in [-0.05, 0) is 11.0 Å². The molecule has 0 aliphatic heterocycles. The Labute approximate surface area is 104 Å². The third-order valence-corrected chi connectivity index (χ3v) is 2.65. The molecule has 0 radical (unpaired) electrons. The van der Waals surface area contributed by atoms with Crippen molar-refractivity contribution < 1.29 is 4.79 Å². The summed E-state index contributed by atoms with van der Waals surface area (Å²) in [6, 6.07) is 7.86. The molecule has 0 spiro atoms. The molecule has 0 atom stereocenters. The van der Waals surface area contributed by atoms with Crippen LogP contribution in [0.1, 0.15) is 36.7 Å². The van der Waals surface area contributed by atoms with Crippen LogP contribution in [-0.2, 0) is 5.41 Å². The molecule has 0 unspecified atom stereocenters. The van der Waals surface area contributed by atoms with Crippen LogP contribution >= 0.6 is 0 Å². The molecule has 2 heteroatoms. The summed E-state index contributed by atoms with van der Waals surface area (Å²) in [6.07, 6.45) is 1.75. The summed E-state index contributed by atoms with van der Waals surface area (Å²) in [5, 5.41) is 3.01. The van der Waals surface area contributed by atoms with Crippen LogP contribution in [0.25, 0.3) is 0 Å². The Morgan fingerprint density at radius 3 is 2.35 bits per heavy atom. The smallest absolute Gasteiger partial charge is 0.176 e. The minimum absolute atomic E-state index is 0.118. The summed E-state index contributed by atoms with van der Waals surface area (Å²) in [5.74, 6) is 0.118. The summed E-state index contributed by atoms with van der Waals surface area (Å²) in [7, 11) is 0. The SMILES string of the molecule is C=CCNCC(=O)c1ccc(C(C)(C)C)cc1. The van der Waals surface area contributed by atoms with Gasteiger partial charge in [-0.3, -0.25) is 4.79 Å². The minimum atomic E-state index is 0.118. The zero-order chi connectivity index (χ0) is 12.9. The third kappa shape index (κ3) is 4.16. The monoisotopic (exact) mass is 231 g/mol. The van der Waals surface area contributed by atoms with Gasteiger partial charge in [-0.15, -0.1) is 6.58 Å². The van der Waals surface area contributed by atoms with Gasteiger partial charge in [0.05, 0.1) is 6.54 Å². The van der Waals surface area contributed by atoms with Crippen LogP contribution in [0.4, 0.5) is 0 Å². The number of carbonyl (C=O) groups excluding carboxylic acids is 1. The zero-order valence-electron chi connectivity index (χ0n) is 10.9. The van der Waals surface area contributed by atoms with Crippen LogP contribution < -0.4 is 5.32 Å². The van der Waals surface area contributed by atoms with E-state index in [0.29, 0.717) is 13.1 Å². The van der Waals surface area contributed by atoms with E-state index >= 15 is 0 Å². The topological polar surface area (TPSA) is 29.1 Å². The highest BCUT2D eigenvalue weighted by Gasteiger charge is 2.13. The van der Waals surface area contributed by atoms with Crippen molar-refractivity contribution in [3.63, 3.8) is 0 Å². The average Bonchev–Trinajstić information content (AvgIpc) is 2.28. The van der Waals surface area contributed by atoms with Gasteiger partial charge >= 0.3 is 0 Å². The molecule has 0 saturated heterocycles. The first-order chi connectivity index (χ1) is 7.95. The van der Waals surface area contributed by atoms with Crippen molar-refractivity contribution >= 4 is 5.78 Å². The van der Waals surface area contributed by atoms with E-state index in [0.717, 1.165) is 5.56 Å². The van der Waals surface area contributed by atoms with E-state index in [2.05, 4.69) is 32.7 Å². The first-order valence-electron chi connectivity index (χ1n) is 5.90. The Hall–Kier alpha value is -1.41. The Morgan fingerprint density at radius 1 is 1.29 bits per heavy atom. The molecule has 0 bridgehead atoms. The third-order valence-electron chi connectivity index (χ3n) is 2.65. The van der Waals surface area contributed by atoms with E-state index in [1.807, 2.05) is 24.3 Å². The molecule has 17 heavy (non-hydrogen) atoms. The van der Waals surface area contributed by atoms with Gasteiger partial charge in [0, 0.05) is 12.1 Å². The lowest BCUT2D eigenvalue weighted by molar-refractivity contribution is 0.0992. The standard InChI is InChI=1S/C15H21NO/c1-5-10-16-11-14(17)12-6-8-13(9-7-12)15(2,3)4/h5-9,16H,1,10-11H2,2-4H3. The maximum atomic E-state index is 11.8. The molecule has 0 aromatic heterocycles. The van der Waals surface area contributed by atoms with Crippen LogP contribution in [0.2, 0.25) is 0 Å². The summed E-state index contributed by atoms with van der Waals surface area (Å²) in [4.78, 5) is 11.8. The summed E-state index contributed by atoms with van der Waals surface area (Å²) in [6.45, 7) is 11.1. The number of carbonyl (C=O) groups is 1. The summed E-state index contributed by atoms with van der Waals surface area (Å²) < 4.78 is 0. The molecule has 1 N–H and O–H groups in total. The molecule has 0 amide bonds. The van der Waals surface area contributed by atoms with E-state index in [1.165, 1.54) is 5.56 Å². The predicted octanol–water partition coefficient (Wildman–Crippen LogP) is 2.94. The molecule has 0 fully saturated rings. The zero-order valence-corrected chi connectivity index (χ0v) is 10.9. The van der Waals surface area contributed by atoms with Crippen molar-refractivity contribution in [1.82, 2.24) is 5.32 Å². The normalized spacial score (nSPS) is 11.2. The van der Waals surface area contributed by atoms with Gasteiger partial charge in [0.15, 0.2) is 5.78 Å². The number of rotatable bonds is 5. The second kappa shape index (κ2) is 5.78. The fraction of sp³-hybridized carbons (Fsp3) is 0.400. The molecule has 92 valence electrons. The van der Waals surface area contributed by atoms with E-state index in [4.69, 9.17) is 0 Å². The number of hydrogen-bond donors (Lipinski definition) is 1. The highest BCUT2D eigenvalue weighted by atomic mass is 16.1. The fourth-order valence-corrected chi connectivity index (χ4v) is 1.55. The highest BCUT2D eigenvalue weighted by molar-refractivity contribution is 5.97. The number of Topliss-reactive ketones (excluding diaryl/α,β-unsaturated/α-hetero) is 1. The Kier molecular flexibility index (Phi) is 4.64. The lowest BCUT2D eigenvalue weighted by atomic mass is 9.86. The van der Waals surface area contributed by atoms with Gasteiger partial charge in [-0.25, -0.2) is 0 Å². The first kappa shape index (κ1) is 13.7. The second-order valence-electron chi connectivity index (χ2n) is 5.17. The molecular formula is C15H21NO. The predicted molar refractivity (Wildman–Crippen MR) is 72.5 cm³/mol. The summed E-state index contributed by atoms with van der Waals surface area (Å²) in [5.41, 5.74) is 2.13. The quantitative estimate of drug-likeness (QED) is 0.479. The lowest BCUT2D eigenvalue weighted by Crippen LogP contribution is -2.23. The number of hydrogen-bond acceptors (Lipinski definition) is 2. The number of nitrogens with one attached hydrogen (secondary N) is 1. The van der Waals surface area contributed by atoms with Crippen molar-refractivity contribution in [3.05, 3.63) is 48.0 Å². The van der Waals surface area contributed by atoms with Crippen molar-refractivity contribution in [2.24, 2.45) is 0 Å². The molecule has 1 aromatic rings. The van der Waals surface area contributed by atoms with Gasteiger partial charge in [0.2, 0.25) is 0 Å². The Morgan fingerprint density at radius 2 is 1.88 bits per heavy atom. The van der Waals surface area contributed by atoms with Gasteiger partial charge < -0.3 is 5.32 Å². The number of ketones is 1. The van der Waals surface area contributed by atoms with Crippen LogP contribution in [0.15, 0.2) is 36.9 Å². The molecule has 0 saturated carbocycles. The van der Waals surface area contributed by atoms with Gasteiger partial charge in [-0.1, -0.05) is 51.1 Å². The molecule has 2 nitrogen and oxygen atoms in total. The van der Waals surface area contributed by atoms with Crippen LogP contribution in [0, 0.1) is 0 Å². The fourth-order valence-electron chi connectivity index (χ4n) is 1.55. The van der Waals surface area contributed by atoms with Crippen molar-refractivity contribution in [2.45, 2.75) is 26.2 Å². The average molecular weight is 231 g/mol. The van der Waals surface area contributed by atoms with Gasteiger partial charge in [0.25, 0.3) is 0 Å². The second-order valence-corrected chi connectivity index (χ2v) is 5.17. The largest absolute Gasteiger partial charge is 0.306 e. The van der Waals surface area contributed by atoms with Crippen LogP contribution in [0.3, 0.4) is 0 Å². The molecular weight excluding hydrogens is 210 g/mol. The minimum Gasteiger partial charge on any atom is -0.306 e. The van der Waals surface area contributed by atoms with Crippen molar-refractivity contribution in [2.75, 3.05) is 13.1 Å². The van der Waals surface area contributed by atoms with E-state index in [1.54, 1.807) is 6.08 Å². The summed E-state index contributed by atoms with van der Waals surface area (Å²) >= 11 is 0. The Bertz CT molecular complexity index is 384. The lowest BCUT2D eigenvalue weighted by Gasteiger charge is -2.18. The van der Waals surface area contributed by atoms with E-state index in [9.17, 15) is 4.79 Å². The molecule has 1 rings (SSSR count). The maximum Gasteiger partial charge on any atom is 0.176 e. The van der Waals surface area contributed by atoms with E-state index in [-0.39, 0.29) is 11.2 Å². The molecule has 0 aliphatic carbocycles. The van der Waals surface area contributed by atoms with E-state index < -0.39 is 0 Å². The highest BCUT2D eigenvalue weighted by Crippen LogP contribution is 2.22. The first-order valence-corrected chi connectivity index (χ1v) is 5.90. The van der Waals surface area contributed by atoms with Gasteiger partial charge in [-0.2, -0.15) is 0 Å². The van der Waals surface area contributed by atoms with Crippen LogP contribution in [-0.4, -0.2) is 18.9 Å². The molecule has 1 aromatic carbocycles. The maximum absolute atomic E-state index is 11.8.